The molecule has 2 unspecified atom stereocenters. The molecule has 0 radical (unpaired) electrons. The zero-order chi connectivity index (χ0) is 15.3. The molecule has 0 amide bonds. The zero-order valence-electron chi connectivity index (χ0n) is 15.1. The van der Waals surface area contributed by atoms with Gasteiger partial charge >= 0.3 is 0 Å². The predicted octanol–water partition coefficient (Wildman–Crippen LogP) is 6.32. The molecule has 1 aliphatic carbocycles. The van der Waals surface area contributed by atoms with Crippen molar-refractivity contribution in [2.24, 2.45) is 11.8 Å². The van der Waals surface area contributed by atoms with Crippen LogP contribution in [0.3, 0.4) is 0 Å². The summed E-state index contributed by atoms with van der Waals surface area (Å²) in [6.45, 7) is 8.16. The minimum atomic E-state index is 0.788. The minimum Gasteiger partial charge on any atom is -0.314 e. The van der Waals surface area contributed by atoms with Crippen molar-refractivity contribution in [2.75, 3.05) is 6.54 Å². The standard InChI is InChI=1S/C20H41N/c1-4-6-7-8-9-10-11-12-13-14-15-20(21-5-2)18(3)19-16-17-19/h18-21H,4-17H2,1-3H3. The SMILES string of the molecule is CCCCCCCCCCCCC(NCC)C(C)C1CC1. The molecule has 0 heterocycles. The summed E-state index contributed by atoms with van der Waals surface area (Å²) in [5.74, 6) is 1.95. The first kappa shape index (κ1) is 19.0. The molecular formula is C20H41N. The molecule has 1 N–H and O–H groups in total. The van der Waals surface area contributed by atoms with Crippen LogP contribution in [0, 0.1) is 11.8 Å². The maximum absolute atomic E-state index is 3.73. The molecule has 0 aromatic carbocycles. The van der Waals surface area contributed by atoms with E-state index in [4.69, 9.17) is 0 Å². The molecule has 21 heavy (non-hydrogen) atoms. The number of hydrogen-bond acceptors (Lipinski definition) is 1. The molecule has 0 aromatic heterocycles. The molecule has 1 rings (SSSR count). The first-order valence-electron chi connectivity index (χ1n) is 10.0. The molecule has 1 fully saturated rings. The Morgan fingerprint density at radius 2 is 1.33 bits per heavy atom. The van der Waals surface area contributed by atoms with E-state index in [0.717, 1.165) is 24.4 Å². The van der Waals surface area contributed by atoms with E-state index in [1.807, 2.05) is 0 Å². The fourth-order valence-corrected chi connectivity index (χ4v) is 3.62. The summed E-state index contributed by atoms with van der Waals surface area (Å²) >= 11 is 0. The first-order valence-corrected chi connectivity index (χ1v) is 10.0. The minimum absolute atomic E-state index is 0.788. The number of nitrogens with one attached hydrogen (secondary N) is 1. The Balaban J connectivity index is 1.91. The van der Waals surface area contributed by atoms with E-state index in [0.29, 0.717) is 0 Å². The van der Waals surface area contributed by atoms with E-state index < -0.39 is 0 Å². The van der Waals surface area contributed by atoms with Gasteiger partial charge in [0, 0.05) is 6.04 Å². The van der Waals surface area contributed by atoms with E-state index >= 15 is 0 Å². The molecule has 0 spiro atoms. The number of hydrogen-bond donors (Lipinski definition) is 1. The highest BCUT2D eigenvalue weighted by molar-refractivity contribution is 4.86. The monoisotopic (exact) mass is 295 g/mol. The van der Waals surface area contributed by atoms with Gasteiger partial charge in [-0.3, -0.25) is 0 Å². The average Bonchev–Trinajstić information content (AvgIpc) is 3.32. The molecule has 1 heteroatoms. The molecule has 0 bridgehead atoms. The Morgan fingerprint density at radius 1 is 0.810 bits per heavy atom. The van der Waals surface area contributed by atoms with E-state index in [-0.39, 0.29) is 0 Å². The van der Waals surface area contributed by atoms with Gasteiger partial charge in [0.05, 0.1) is 0 Å². The molecule has 1 saturated carbocycles. The van der Waals surface area contributed by atoms with Gasteiger partial charge in [-0.05, 0) is 37.6 Å². The second-order valence-electron chi connectivity index (χ2n) is 7.33. The third-order valence-corrected chi connectivity index (χ3v) is 5.34. The van der Waals surface area contributed by atoms with Crippen LogP contribution < -0.4 is 5.32 Å². The lowest BCUT2D eigenvalue weighted by molar-refractivity contribution is 0.320. The van der Waals surface area contributed by atoms with E-state index in [1.54, 1.807) is 0 Å². The Bertz CT molecular complexity index is 222. The van der Waals surface area contributed by atoms with Gasteiger partial charge in [-0.1, -0.05) is 85.0 Å². The average molecular weight is 296 g/mol. The lowest BCUT2D eigenvalue weighted by Gasteiger charge is -2.24. The number of rotatable bonds is 15. The topological polar surface area (TPSA) is 12.0 Å². The lowest BCUT2D eigenvalue weighted by Crippen LogP contribution is -2.35. The summed E-state index contributed by atoms with van der Waals surface area (Å²) in [7, 11) is 0. The van der Waals surface area contributed by atoms with Crippen LogP contribution in [0.1, 0.15) is 104 Å². The van der Waals surface area contributed by atoms with Crippen molar-refractivity contribution in [3.05, 3.63) is 0 Å². The second-order valence-corrected chi connectivity index (χ2v) is 7.33. The maximum Gasteiger partial charge on any atom is 0.00952 e. The molecular weight excluding hydrogens is 254 g/mol. The maximum atomic E-state index is 3.73. The largest absolute Gasteiger partial charge is 0.314 e. The van der Waals surface area contributed by atoms with Crippen LogP contribution >= 0.6 is 0 Å². The van der Waals surface area contributed by atoms with Gasteiger partial charge in [0.1, 0.15) is 0 Å². The summed E-state index contributed by atoms with van der Waals surface area (Å²) in [4.78, 5) is 0. The van der Waals surface area contributed by atoms with Gasteiger partial charge in [-0.15, -0.1) is 0 Å². The van der Waals surface area contributed by atoms with Crippen molar-refractivity contribution in [3.8, 4) is 0 Å². The highest BCUT2D eigenvalue weighted by atomic mass is 14.9. The van der Waals surface area contributed by atoms with E-state index in [2.05, 4.69) is 26.1 Å². The molecule has 0 aromatic rings. The molecule has 0 aliphatic heterocycles. The zero-order valence-corrected chi connectivity index (χ0v) is 15.1. The van der Waals surface area contributed by atoms with Gasteiger partial charge in [0.2, 0.25) is 0 Å². The van der Waals surface area contributed by atoms with Crippen molar-refractivity contribution < 1.29 is 0 Å². The highest BCUT2D eigenvalue weighted by Gasteiger charge is 2.32. The third-order valence-electron chi connectivity index (χ3n) is 5.34. The van der Waals surface area contributed by atoms with E-state index in [1.165, 1.54) is 83.5 Å². The van der Waals surface area contributed by atoms with Crippen molar-refractivity contribution in [3.63, 3.8) is 0 Å². The molecule has 0 saturated heterocycles. The Labute approximate surface area is 134 Å². The van der Waals surface area contributed by atoms with Crippen molar-refractivity contribution in [2.45, 2.75) is 110 Å². The van der Waals surface area contributed by atoms with Gasteiger partial charge in [0.25, 0.3) is 0 Å². The molecule has 1 nitrogen and oxygen atoms in total. The highest BCUT2D eigenvalue weighted by Crippen LogP contribution is 2.39. The Morgan fingerprint density at radius 3 is 1.81 bits per heavy atom. The summed E-state index contributed by atoms with van der Waals surface area (Å²) in [5.41, 5.74) is 0. The summed E-state index contributed by atoms with van der Waals surface area (Å²) in [6.07, 6.45) is 18.9. The molecule has 1 aliphatic rings. The predicted molar refractivity (Wildman–Crippen MR) is 95.8 cm³/mol. The molecule has 2 atom stereocenters. The summed E-state index contributed by atoms with van der Waals surface area (Å²) in [6, 6.07) is 0.788. The molecule has 126 valence electrons. The Kier molecular flexibility index (Phi) is 11.3. The Hall–Kier alpha value is -0.0400. The fourth-order valence-electron chi connectivity index (χ4n) is 3.62. The van der Waals surface area contributed by atoms with Gasteiger partial charge in [0.15, 0.2) is 0 Å². The van der Waals surface area contributed by atoms with Crippen molar-refractivity contribution >= 4 is 0 Å². The van der Waals surface area contributed by atoms with Crippen LogP contribution in [-0.2, 0) is 0 Å². The van der Waals surface area contributed by atoms with Crippen molar-refractivity contribution in [1.82, 2.24) is 5.32 Å². The normalized spacial score (nSPS) is 17.9. The van der Waals surface area contributed by atoms with Gasteiger partial charge in [-0.25, -0.2) is 0 Å². The van der Waals surface area contributed by atoms with Crippen LogP contribution in [0.15, 0.2) is 0 Å². The van der Waals surface area contributed by atoms with Gasteiger partial charge in [-0.2, -0.15) is 0 Å². The summed E-state index contributed by atoms with van der Waals surface area (Å²) in [5, 5.41) is 3.73. The second kappa shape index (κ2) is 12.5. The first-order chi connectivity index (χ1) is 10.3. The fraction of sp³-hybridized carbons (Fsp3) is 1.00. The quantitative estimate of drug-likeness (QED) is 0.348. The lowest BCUT2D eigenvalue weighted by atomic mass is 9.92. The third kappa shape index (κ3) is 9.55. The van der Waals surface area contributed by atoms with Crippen LogP contribution in [0.25, 0.3) is 0 Å². The number of unbranched alkanes of at least 4 members (excludes halogenated alkanes) is 9. The van der Waals surface area contributed by atoms with E-state index in [9.17, 15) is 0 Å². The van der Waals surface area contributed by atoms with Gasteiger partial charge < -0.3 is 5.32 Å². The van der Waals surface area contributed by atoms with Crippen LogP contribution in [0.2, 0.25) is 0 Å². The summed E-state index contributed by atoms with van der Waals surface area (Å²) < 4.78 is 0. The van der Waals surface area contributed by atoms with Crippen molar-refractivity contribution in [1.29, 1.82) is 0 Å². The van der Waals surface area contributed by atoms with Crippen LogP contribution in [0.4, 0.5) is 0 Å². The van der Waals surface area contributed by atoms with Crippen LogP contribution in [0.5, 0.6) is 0 Å². The smallest absolute Gasteiger partial charge is 0.00952 e. The van der Waals surface area contributed by atoms with Crippen LogP contribution in [-0.4, -0.2) is 12.6 Å².